The number of nitrogens with one attached hydrogen (secondary N) is 1. The van der Waals surface area contributed by atoms with Crippen molar-refractivity contribution in [1.29, 1.82) is 0 Å². The summed E-state index contributed by atoms with van der Waals surface area (Å²) in [5.74, 6) is 1.52. The highest BCUT2D eigenvalue weighted by Gasteiger charge is 2.20. The van der Waals surface area contributed by atoms with Crippen LogP contribution in [0.1, 0.15) is 38.8 Å². The number of carbonyl (C=O) groups excluding carboxylic acids is 1. The lowest BCUT2D eigenvalue weighted by Gasteiger charge is -2.34. The molecule has 0 saturated carbocycles. The monoisotopic (exact) mass is 339 g/mol. The Bertz CT molecular complexity index is 556. The third-order valence-corrected chi connectivity index (χ3v) is 5.33. The maximum absolute atomic E-state index is 11.9. The predicted molar refractivity (Wildman–Crippen MR) is 94.9 cm³/mol. The van der Waals surface area contributed by atoms with E-state index < -0.39 is 0 Å². The Kier molecular flexibility index (Phi) is 6.84. The van der Waals surface area contributed by atoms with E-state index in [0.717, 1.165) is 48.3 Å². The number of aromatic nitrogens is 1. The summed E-state index contributed by atoms with van der Waals surface area (Å²) < 4.78 is 1.52. The molecule has 0 aliphatic carbocycles. The molecule has 2 rings (SSSR count). The number of carbonyl (C=O) groups is 1. The Morgan fingerprint density at radius 1 is 1.30 bits per heavy atom. The molecule has 2 atom stereocenters. The summed E-state index contributed by atoms with van der Waals surface area (Å²) in [6, 6.07) is 0. The Labute approximate surface area is 142 Å². The summed E-state index contributed by atoms with van der Waals surface area (Å²) >= 11 is 1.14. The molecule has 23 heavy (non-hydrogen) atoms. The van der Waals surface area contributed by atoms with Gasteiger partial charge in [-0.05, 0) is 44.6 Å². The summed E-state index contributed by atoms with van der Waals surface area (Å²) in [6.07, 6.45) is 3.44. The molecule has 0 aromatic carbocycles. The normalized spacial score (nSPS) is 22.2. The average Bonchev–Trinajstić information content (AvgIpc) is 2.78. The number of nitrogens with zero attached hydrogens (tertiary/aromatic N) is 2. The van der Waals surface area contributed by atoms with Gasteiger partial charge in [0.1, 0.15) is 6.54 Å². The van der Waals surface area contributed by atoms with Crippen LogP contribution in [0, 0.1) is 18.8 Å². The maximum Gasteiger partial charge on any atom is 0.307 e. The Morgan fingerprint density at radius 2 is 2.00 bits per heavy atom. The van der Waals surface area contributed by atoms with Gasteiger partial charge in [0.15, 0.2) is 0 Å². The smallest absolute Gasteiger partial charge is 0.307 e. The number of likely N-dealkylation sites (tertiary alicyclic amines) is 1. The molecule has 1 saturated heterocycles. The zero-order valence-corrected chi connectivity index (χ0v) is 15.3. The number of hydrogen-bond acceptors (Lipinski definition) is 4. The van der Waals surface area contributed by atoms with Gasteiger partial charge in [-0.15, -0.1) is 0 Å². The topological polar surface area (TPSA) is 54.3 Å². The SMILES string of the molecule is Cc1csc(=O)n1CC(=O)NCCCCN1CC(C)CC(C)C1. The van der Waals surface area contributed by atoms with Crippen molar-refractivity contribution < 1.29 is 4.79 Å². The molecule has 1 aliphatic heterocycles. The standard InChI is InChI=1S/C17H29N3O2S/c1-13-8-14(2)10-19(9-13)7-5-4-6-18-16(21)11-20-15(3)12-23-17(20)22/h12-14H,4-11H2,1-3H3,(H,18,21). The molecule has 6 heteroatoms. The third kappa shape index (κ3) is 5.77. The van der Waals surface area contributed by atoms with Gasteiger partial charge in [0.2, 0.25) is 5.91 Å². The molecule has 5 nitrogen and oxygen atoms in total. The van der Waals surface area contributed by atoms with Crippen molar-refractivity contribution in [3.8, 4) is 0 Å². The lowest BCUT2D eigenvalue weighted by molar-refractivity contribution is -0.121. The molecule has 1 aliphatic rings. The minimum absolute atomic E-state index is 0.0639. The Morgan fingerprint density at radius 3 is 2.61 bits per heavy atom. The van der Waals surface area contributed by atoms with Gasteiger partial charge in [-0.2, -0.15) is 0 Å². The summed E-state index contributed by atoms with van der Waals surface area (Å²) in [6.45, 7) is 10.9. The van der Waals surface area contributed by atoms with Crippen LogP contribution in [0.5, 0.6) is 0 Å². The number of aryl methyl sites for hydroxylation is 1. The van der Waals surface area contributed by atoms with E-state index in [1.54, 1.807) is 5.38 Å². The fourth-order valence-corrected chi connectivity index (χ4v) is 4.19. The first-order valence-corrected chi connectivity index (χ1v) is 9.47. The van der Waals surface area contributed by atoms with Gasteiger partial charge >= 0.3 is 4.87 Å². The highest BCUT2D eigenvalue weighted by molar-refractivity contribution is 7.07. The van der Waals surface area contributed by atoms with Crippen LogP contribution in [0.3, 0.4) is 0 Å². The highest BCUT2D eigenvalue weighted by Crippen LogP contribution is 2.20. The van der Waals surface area contributed by atoms with Gasteiger partial charge in [-0.1, -0.05) is 25.2 Å². The number of amides is 1. The minimum Gasteiger partial charge on any atom is -0.355 e. The lowest BCUT2D eigenvalue weighted by atomic mass is 9.92. The second-order valence-corrected chi connectivity index (χ2v) is 7.81. The van der Waals surface area contributed by atoms with Gasteiger partial charge in [0.25, 0.3) is 0 Å². The van der Waals surface area contributed by atoms with Gasteiger partial charge < -0.3 is 10.2 Å². The van der Waals surface area contributed by atoms with Crippen molar-refractivity contribution in [1.82, 2.24) is 14.8 Å². The van der Waals surface area contributed by atoms with Gasteiger partial charge in [0.05, 0.1) is 0 Å². The van der Waals surface area contributed by atoms with Gasteiger partial charge in [-0.25, -0.2) is 0 Å². The molecule has 2 heterocycles. The number of thiazole rings is 1. The van der Waals surface area contributed by atoms with Crippen LogP contribution in [0.2, 0.25) is 0 Å². The molecule has 1 aromatic rings. The predicted octanol–water partition coefficient (Wildman–Crippen LogP) is 2.09. The summed E-state index contributed by atoms with van der Waals surface area (Å²) in [4.78, 5) is 26.0. The van der Waals surface area contributed by atoms with Gasteiger partial charge in [-0.3, -0.25) is 14.2 Å². The summed E-state index contributed by atoms with van der Waals surface area (Å²) in [5.41, 5.74) is 0.850. The molecule has 0 radical (unpaired) electrons. The largest absolute Gasteiger partial charge is 0.355 e. The fraction of sp³-hybridized carbons (Fsp3) is 0.765. The Balaban J connectivity index is 1.60. The first-order chi connectivity index (χ1) is 11.0. The molecular formula is C17H29N3O2S. The van der Waals surface area contributed by atoms with Crippen molar-refractivity contribution >= 4 is 17.2 Å². The molecule has 1 N–H and O–H groups in total. The van der Waals surface area contributed by atoms with Gasteiger partial charge in [0, 0.05) is 30.7 Å². The van der Waals surface area contributed by atoms with Crippen LogP contribution in [0.15, 0.2) is 10.2 Å². The van der Waals surface area contributed by atoms with Crippen LogP contribution < -0.4 is 10.2 Å². The van der Waals surface area contributed by atoms with E-state index in [0.29, 0.717) is 6.54 Å². The van der Waals surface area contributed by atoms with E-state index >= 15 is 0 Å². The van der Waals surface area contributed by atoms with Crippen LogP contribution in [0.25, 0.3) is 0 Å². The summed E-state index contributed by atoms with van der Waals surface area (Å²) in [7, 11) is 0. The molecule has 1 aromatic heterocycles. The molecule has 0 bridgehead atoms. The van der Waals surface area contributed by atoms with Crippen molar-refractivity contribution in [2.24, 2.45) is 11.8 Å². The average molecular weight is 340 g/mol. The number of rotatable bonds is 7. The van der Waals surface area contributed by atoms with Crippen LogP contribution in [0.4, 0.5) is 0 Å². The Hall–Kier alpha value is -1.14. The zero-order valence-electron chi connectivity index (χ0n) is 14.5. The minimum atomic E-state index is -0.0752. The number of piperidine rings is 1. The maximum atomic E-state index is 11.9. The molecular weight excluding hydrogens is 310 g/mol. The van der Waals surface area contributed by atoms with Crippen LogP contribution in [-0.4, -0.2) is 41.6 Å². The molecule has 1 amide bonds. The molecule has 1 fully saturated rings. The van der Waals surface area contributed by atoms with Crippen LogP contribution in [-0.2, 0) is 11.3 Å². The van der Waals surface area contributed by atoms with E-state index in [4.69, 9.17) is 0 Å². The van der Waals surface area contributed by atoms with E-state index in [2.05, 4.69) is 24.1 Å². The number of unbranched alkanes of at least 4 members (excludes halogenated alkanes) is 1. The van der Waals surface area contributed by atoms with Crippen molar-refractivity contribution in [3.63, 3.8) is 0 Å². The first-order valence-electron chi connectivity index (χ1n) is 8.59. The zero-order chi connectivity index (χ0) is 16.8. The van der Waals surface area contributed by atoms with Crippen LogP contribution >= 0.6 is 11.3 Å². The first kappa shape index (κ1) is 18.2. The number of hydrogen-bond donors (Lipinski definition) is 1. The molecule has 0 spiro atoms. The van der Waals surface area contributed by atoms with Crippen molar-refractivity contribution in [3.05, 3.63) is 20.7 Å². The third-order valence-electron chi connectivity index (χ3n) is 4.45. The molecule has 2 unspecified atom stereocenters. The second kappa shape index (κ2) is 8.64. The van der Waals surface area contributed by atoms with Crippen molar-refractivity contribution in [2.75, 3.05) is 26.2 Å². The molecule has 130 valence electrons. The quantitative estimate of drug-likeness (QED) is 0.774. The lowest BCUT2D eigenvalue weighted by Crippen LogP contribution is -2.39. The summed E-state index contributed by atoms with van der Waals surface area (Å²) in [5, 5.41) is 4.71. The second-order valence-electron chi connectivity index (χ2n) is 6.99. The van der Waals surface area contributed by atoms with E-state index in [1.165, 1.54) is 24.1 Å². The highest BCUT2D eigenvalue weighted by atomic mass is 32.1. The fourth-order valence-electron chi connectivity index (χ4n) is 3.46. The van der Waals surface area contributed by atoms with E-state index in [1.807, 2.05) is 6.92 Å². The van der Waals surface area contributed by atoms with E-state index in [9.17, 15) is 9.59 Å². The van der Waals surface area contributed by atoms with E-state index in [-0.39, 0.29) is 17.3 Å². The van der Waals surface area contributed by atoms with Crippen molar-refractivity contribution in [2.45, 2.75) is 46.6 Å².